The fourth-order valence-electron chi connectivity index (χ4n) is 3.95. The summed E-state index contributed by atoms with van der Waals surface area (Å²) in [4.78, 5) is 38.7. The average Bonchev–Trinajstić information content (AvgIpc) is 2.92. The zero-order valence-electron chi connectivity index (χ0n) is 19.8. The normalized spacial score (nSPS) is 13.8. The molecule has 2 heterocycles. The summed E-state index contributed by atoms with van der Waals surface area (Å²) in [5.41, 5.74) is 1.40. The van der Waals surface area contributed by atoms with Gasteiger partial charge >= 0.3 is 0 Å². The van der Waals surface area contributed by atoms with Crippen LogP contribution in [0.15, 0.2) is 67.0 Å². The van der Waals surface area contributed by atoms with Gasteiger partial charge in [0, 0.05) is 50.7 Å². The first-order chi connectivity index (χ1) is 17.1. The van der Waals surface area contributed by atoms with Crippen molar-refractivity contribution in [3.63, 3.8) is 0 Å². The van der Waals surface area contributed by atoms with Gasteiger partial charge in [-0.05, 0) is 55.4 Å². The lowest BCUT2D eigenvalue weighted by molar-refractivity contribution is 0.0952. The second-order valence-corrected chi connectivity index (χ2v) is 8.22. The van der Waals surface area contributed by atoms with Crippen molar-refractivity contribution in [1.29, 1.82) is 0 Å². The van der Waals surface area contributed by atoms with Crippen LogP contribution in [-0.4, -0.2) is 73.1 Å². The van der Waals surface area contributed by atoms with Crippen LogP contribution in [0.5, 0.6) is 5.75 Å². The van der Waals surface area contributed by atoms with E-state index >= 15 is 0 Å². The predicted molar refractivity (Wildman–Crippen MR) is 135 cm³/mol. The molecule has 1 fully saturated rings. The molecular weight excluding hydrogens is 444 g/mol. The van der Waals surface area contributed by atoms with Crippen molar-refractivity contribution in [3.05, 3.63) is 78.1 Å². The molecule has 0 radical (unpaired) electrons. The largest absolute Gasteiger partial charge is 0.497 e. The standard InChI is InChI=1S/C26H30N6O3/c1-35-21-10-8-20(9-11-21)24(33)30-23-7-3-2-6-22(23)25(34)27-14-5-15-31-16-18-32(19-17-31)26-28-12-4-13-29-26/h2-4,6-13H,5,14-19H2,1H3,(H,27,34)(H,30,33). The van der Waals surface area contributed by atoms with E-state index in [1.54, 1.807) is 68.0 Å². The van der Waals surface area contributed by atoms with Crippen LogP contribution < -0.4 is 20.3 Å². The monoisotopic (exact) mass is 474 g/mol. The number of aromatic nitrogens is 2. The second-order valence-electron chi connectivity index (χ2n) is 8.22. The van der Waals surface area contributed by atoms with Crippen molar-refractivity contribution in [2.45, 2.75) is 6.42 Å². The summed E-state index contributed by atoms with van der Waals surface area (Å²) in [5, 5.41) is 5.82. The van der Waals surface area contributed by atoms with Gasteiger partial charge in [-0.3, -0.25) is 14.5 Å². The maximum absolute atomic E-state index is 12.8. The molecule has 1 aliphatic heterocycles. The van der Waals surface area contributed by atoms with Crippen LogP contribution in [-0.2, 0) is 0 Å². The summed E-state index contributed by atoms with van der Waals surface area (Å²) in [6.07, 6.45) is 4.37. The van der Waals surface area contributed by atoms with Crippen molar-refractivity contribution in [2.75, 3.05) is 56.6 Å². The van der Waals surface area contributed by atoms with Crippen LogP contribution in [0.25, 0.3) is 0 Å². The van der Waals surface area contributed by atoms with Crippen LogP contribution in [0.3, 0.4) is 0 Å². The maximum Gasteiger partial charge on any atom is 0.255 e. The Labute approximate surface area is 205 Å². The molecule has 0 aliphatic carbocycles. The van der Waals surface area contributed by atoms with Crippen LogP contribution in [0, 0.1) is 0 Å². The Bertz CT molecular complexity index is 1120. The quantitative estimate of drug-likeness (QED) is 0.460. The van der Waals surface area contributed by atoms with E-state index in [0.717, 1.165) is 45.1 Å². The van der Waals surface area contributed by atoms with Gasteiger partial charge in [-0.25, -0.2) is 9.97 Å². The van der Waals surface area contributed by atoms with E-state index in [1.807, 2.05) is 6.07 Å². The van der Waals surface area contributed by atoms with Gasteiger partial charge in [0.15, 0.2) is 0 Å². The van der Waals surface area contributed by atoms with Crippen molar-refractivity contribution < 1.29 is 14.3 Å². The number of ether oxygens (including phenoxy) is 1. The third kappa shape index (κ3) is 6.54. The van der Waals surface area contributed by atoms with E-state index in [0.29, 0.717) is 29.1 Å². The van der Waals surface area contributed by atoms with Gasteiger partial charge < -0.3 is 20.3 Å². The van der Waals surface area contributed by atoms with E-state index in [1.165, 1.54) is 0 Å². The number of rotatable bonds is 9. The van der Waals surface area contributed by atoms with Gasteiger partial charge in [0.1, 0.15) is 5.75 Å². The number of anilines is 2. The topological polar surface area (TPSA) is 99.7 Å². The molecule has 1 aromatic heterocycles. The van der Waals surface area contributed by atoms with E-state index < -0.39 is 0 Å². The highest BCUT2D eigenvalue weighted by Crippen LogP contribution is 2.18. The first-order valence-electron chi connectivity index (χ1n) is 11.7. The molecule has 1 saturated heterocycles. The minimum absolute atomic E-state index is 0.207. The molecule has 182 valence electrons. The molecule has 35 heavy (non-hydrogen) atoms. The lowest BCUT2D eigenvalue weighted by atomic mass is 10.1. The number of hydrogen-bond donors (Lipinski definition) is 2. The van der Waals surface area contributed by atoms with Crippen LogP contribution in [0.2, 0.25) is 0 Å². The van der Waals surface area contributed by atoms with Gasteiger partial charge in [0.05, 0.1) is 18.4 Å². The smallest absolute Gasteiger partial charge is 0.255 e. The fourth-order valence-corrected chi connectivity index (χ4v) is 3.95. The van der Waals surface area contributed by atoms with Gasteiger partial charge in [-0.15, -0.1) is 0 Å². The highest BCUT2D eigenvalue weighted by molar-refractivity contribution is 6.09. The van der Waals surface area contributed by atoms with E-state index in [4.69, 9.17) is 4.74 Å². The van der Waals surface area contributed by atoms with Crippen LogP contribution in [0.1, 0.15) is 27.1 Å². The van der Waals surface area contributed by atoms with Crippen LogP contribution >= 0.6 is 0 Å². The molecule has 0 spiro atoms. The van der Waals surface area contributed by atoms with Crippen LogP contribution in [0.4, 0.5) is 11.6 Å². The number of methoxy groups -OCH3 is 1. The first-order valence-corrected chi connectivity index (χ1v) is 11.7. The van der Waals surface area contributed by atoms with Crippen molar-refractivity contribution in [1.82, 2.24) is 20.2 Å². The molecule has 2 N–H and O–H groups in total. The molecule has 2 aromatic carbocycles. The number of benzene rings is 2. The summed E-state index contributed by atoms with van der Waals surface area (Å²) in [6, 6.07) is 15.7. The summed E-state index contributed by atoms with van der Waals surface area (Å²) >= 11 is 0. The second kappa shape index (κ2) is 11.9. The summed E-state index contributed by atoms with van der Waals surface area (Å²) in [6.45, 7) is 5.11. The minimum atomic E-state index is -0.284. The highest BCUT2D eigenvalue weighted by Gasteiger charge is 2.18. The van der Waals surface area contributed by atoms with Crippen molar-refractivity contribution in [3.8, 4) is 5.75 Å². The average molecular weight is 475 g/mol. The van der Waals surface area contributed by atoms with Crippen molar-refractivity contribution in [2.24, 2.45) is 0 Å². The number of amides is 2. The Kier molecular flexibility index (Phi) is 8.24. The SMILES string of the molecule is COc1ccc(C(=O)Nc2ccccc2C(=O)NCCCN2CCN(c3ncccn3)CC2)cc1. The highest BCUT2D eigenvalue weighted by atomic mass is 16.5. The van der Waals surface area contributed by atoms with Gasteiger partial charge in [-0.1, -0.05) is 12.1 Å². The molecule has 2 amide bonds. The number of carbonyl (C=O) groups excluding carboxylic acids is 2. The molecule has 3 aromatic rings. The third-order valence-corrected chi connectivity index (χ3v) is 5.92. The summed E-state index contributed by atoms with van der Waals surface area (Å²) < 4.78 is 5.13. The van der Waals surface area contributed by atoms with E-state index in [2.05, 4.69) is 30.4 Å². The zero-order valence-corrected chi connectivity index (χ0v) is 19.8. The Morgan fingerprint density at radius 2 is 1.63 bits per heavy atom. The molecular formula is C26H30N6O3. The number of para-hydroxylation sites is 1. The molecule has 4 rings (SSSR count). The minimum Gasteiger partial charge on any atom is -0.497 e. The molecule has 0 saturated carbocycles. The maximum atomic E-state index is 12.8. The molecule has 9 nitrogen and oxygen atoms in total. The molecule has 9 heteroatoms. The third-order valence-electron chi connectivity index (χ3n) is 5.92. The summed E-state index contributed by atoms with van der Waals surface area (Å²) in [5.74, 6) is 0.959. The number of hydrogen-bond acceptors (Lipinski definition) is 7. The van der Waals surface area contributed by atoms with Gasteiger partial charge in [0.25, 0.3) is 11.8 Å². The number of nitrogens with zero attached hydrogens (tertiary/aromatic N) is 4. The Balaban J connectivity index is 1.23. The van der Waals surface area contributed by atoms with Gasteiger partial charge in [0.2, 0.25) is 5.95 Å². The Morgan fingerprint density at radius 1 is 0.914 bits per heavy atom. The summed E-state index contributed by atoms with van der Waals surface area (Å²) in [7, 11) is 1.57. The lowest BCUT2D eigenvalue weighted by Gasteiger charge is -2.34. The molecule has 1 aliphatic rings. The zero-order chi connectivity index (χ0) is 24.5. The first kappa shape index (κ1) is 24.2. The fraction of sp³-hybridized carbons (Fsp3) is 0.308. The molecule has 0 unspecified atom stereocenters. The number of carbonyl (C=O) groups is 2. The Hall–Kier alpha value is -3.98. The number of piperazine rings is 1. The van der Waals surface area contributed by atoms with Crippen molar-refractivity contribution >= 4 is 23.5 Å². The lowest BCUT2D eigenvalue weighted by Crippen LogP contribution is -2.47. The van der Waals surface area contributed by atoms with Gasteiger partial charge in [-0.2, -0.15) is 0 Å². The molecule has 0 bridgehead atoms. The Morgan fingerprint density at radius 3 is 2.34 bits per heavy atom. The van der Waals surface area contributed by atoms with E-state index in [9.17, 15) is 9.59 Å². The number of nitrogens with one attached hydrogen (secondary N) is 2. The molecule has 0 atom stereocenters. The predicted octanol–water partition coefficient (Wildman–Crippen LogP) is 2.68. The van der Waals surface area contributed by atoms with E-state index in [-0.39, 0.29) is 11.8 Å².